The number of aromatic nitrogens is 2. The van der Waals surface area contributed by atoms with Gasteiger partial charge in [-0.2, -0.15) is 0 Å². The maximum absolute atomic E-state index is 13.2. The number of aromatic amines is 1. The highest BCUT2D eigenvalue weighted by Crippen LogP contribution is 2.24. The van der Waals surface area contributed by atoms with Crippen molar-refractivity contribution in [1.82, 2.24) is 30.6 Å². The van der Waals surface area contributed by atoms with E-state index in [0.717, 1.165) is 47.8 Å². The van der Waals surface area contributed by atoms with Gasteiger partial charge in [0.05, 0.1) is 24.7 Å². The number of carbonyl (C=O) groups is 1. The lowest BCUT2D eigenvalue weighted by atomic mass is 10.0. The summed E-state index contributed by atoms with van der Waals surface area (Å²) in [4.78, 5) is 25.2. The molecule has 0 bridgehead atoms. The summed E-state index contributed by atoms with van der Waals surface area (Å²) in [5.74, 6) is 1.57. The number of piperazine rings is 1. The van der Waals surface area contributed by atoms with Crippen LogP contribution in [0.15, 0.2) is 42.5 Å². The first kappa shape index (κ1) is 20.9. The summed E-state index contributed by atoms with van der Waals surface area (Å²) < 4.78 is 18.4. The maximum Gasteiger partial charge on any atom is 0.241 e. The van der Waals surface area contributed by atoms with E-state index in [2.05, 4.69) is 25.7 Å². The molecule has 0 aliphatic carbocycles. The van der Waals surface area contributed by atoms with Gasteiger partial charge < -0.3 is 14.6 Å². The number of hydrazine groups is 1. The van der Waals surface area contributed by atoms with Gasteiger partial charge in [-0.1, -0.05) is 12.1 Å². The smallest absolute Gasteiger partial charge is 0.241 e. The van der Waals surface area contributed by atoms with Crippen molar-refractivity contribution < 1.29 is 13.9 Å². The first-order chi connectivity index (χ1) is 15.6. The molecule has 0 spiro atoms. The molecule has 5 rings (SSSR count). The van der Waals surface area contributed by atoms with Crippen molar-refractivity contribution in [2.75, 3.05) is 33.3 Å². The summed E-state index contributed by atoms with van der Waals surface area (Å²) in [6.45, 7) is 3.69. The van der Waals surface area contributed by atoms with Crippen molar-refractivity contribution in [3.05, 3.63) is 59.7 Å². The normalized spacial score (nSPS) is 21.9. The Kier molecular flexibility index (Phi) is 5.77. The standard InChI is InChI=1S/C23H27FN6O2/c1-32-17-6-7-18-20(12-17)26-22(25-18)14-29-8-10-30(11-9-29)23(31)21-13-19(27-28-21)15-2-4-16(24)5-3-15/h2-7,12,19,21,27-28H,8-11,13-14H2,1H3,(H,25,26). The number of imidazole rings is 1. The SMILES string of the molecule is COc1ccc2nc(CN3CCN(C(=O)C4CC(c5ccc(F)cc5)NN4)CC3)[nH]c2c1. The monoisotopic (exact) mass is 438 g/mol. The fourth-order valence-corrected chi connectivity index (χ4v) is 4.43. The average Bonchev–Trinajstić information content (AvgIpc) is 3.46. The molecule has 1 aromatic heterocycles. The predicted octanol–water partition coefficient (Wildman–Crippen LogP) is 1.96. The van der Waals surface area contributed by atoms with Crippen LogP contribution in [0.4, 0.5) is 4.39 Å². The van der Waals surface area contributed by atoms with Crippen LogP contribution in [0.5, 0.6) is 5.75 Å². The first-order valence-electron chi connectivity index (χ1n) is 10.9. The van der Waals surface area contributed by atoms with E-state index in [1.807, 2.05) is 23.1 Å². The van der Waals surface area contributed by atoms with E-state index < -0.39 is 0 Å². The van der Waals surface area contributed by atoms with Crippen LogP contribution in [0.3, 0.4) is 0 Å². The van der Waals surface area contributed by atoms with Gasteiger partial charge in [0, 0.05) is 38.3 Å². The number of hydrogen-bond donors (Lipinski definition) is 3. The summed E-state index contributed by atoms with van der Waals surface area (Å²) in [6.07, 6.45) is 0.646. The molecule has 32 heavy (non-hydrogen) atoms. The molecular weight excluding hydrogens is 411 g/mol. The van der Waals surface area contributed by atoms with Crippen molar-refractivity contribution >= 4 is 16.9 Å². The van der Waals surface area contributed by atoms with Crippen molar-refractivity contribution in [3.8, 4) is 5.75 Å². The Morgan fingerprint density at radius 1 is 1.12 bits per heavy atom. The zero-order chi connectivity index (χ0) is 22.1. The fraction of sp³-hybridized carbons (Fsp3) is 0.391. The van der Waals surface area contributed by atoms with E-state index >= 15 is 0 Å². The topological polar surface area (TPSA) is 85.5 Å². The molecule has 2 aromatic carbocycles. The summed E-state index contributed by atoms with van der Waals surface area (Å²) in [5, 5.41) is 0. The number of halogens is 1. The van der Waals surface area contributed by atoms with Gasteiger partial charge in [0.15, 0.2) is 0 Å². The molecule has 0 radical (unpaired) electrons. The maximum atomic E-state index is 13.2. The molecular formula is C23H27FN6O2. The molecule has 168 valence electrons. The van der Waals surface area contributed by atoms with E-state index in [0.29, 0.717) is 19.5 Å². The Morgan fingerprint density at radius 3 is 2.66 bits per heavy atom. The molecule has 2 unspecified atom stereocenters. The van der Waals surface area contributed by atoms with E-state index in [-0.39, 0.29) is 23.8 Å². The number of ether oxygens (including phenoxy) is 1. The molecule has 1 amide bonds. The van der Waals surface area contributed by atoms with E-state index in [9.17, 15) is 9.18 Å². The minimum absolute atomic E-state index is 0.00227. The van der Waals surface area contributed by atoms with Gasteiger partial charge in [-0.15, -0.1) is 0 Å². The van der Waals surface area contributed by atoms with Crippen LogP contribution >= 0.6 is 0 Å². The minimum atomic E-state index is -0.276. The van der Waals surface area contributed by atoms with Crippen molar-refractivity contribution in [3.63, 3.8) is 0 Å². The van der Waals surface area contributed by atoms with Gasteiger partial charge in [-0.25, -0.2) is 20.2 Å². The summed E-state index contributed by atoms with van der Waals surface area (Å²) in [6, 6.07) is 11.9. The van der Waals surface area contributed by atoms with E-state index in [1.54, 1.807) is 19.2 Å². The quantitative estimate of drug-likeness (QED) is 0.565. The van der Waals surface area contributed by atoms with Gasteiger partial charge in [-0.05, 0) is 36.2 Å². The van der Waals surface area contributed by atoms with Crippen molar-refractivity contribution in [2.24, 2.45) is 0 Å². The van der Waals surface area contributed by atoms with E-state index in [4.69, 9.17) is 4.74 Å². The Labute approximate surface area is 185 Å². The third-order valence-corrected chi connectivity index (χ3v) is 6.27. The number of amides is 1. The number of H-pyrrole nitrogens is 1. The van der Waals surface area contributed by atoms with Crippen LogP contribution in [0.1, 0.15) is 23.9 Å². The molecule has 0 saturated carbocycles. The van der Waals surface area contributed by atoms with Gasteiger partial charge in [0.25, 0.3) is 0 Å². The third kappa shape index (κ3) is 4.32. The van der Waals surface area contributed by atoms with Gasteiger partial charge in [-0.3, -0.25) is 9.69 Å². The second kappa shape index (κ2) is 8.85. The van der Waals surface area contributed by atoms with Gasteiger partial charge in [0.2, 0.25) is 5.91 Å². The number of nitrogens with one attached hydrogen (secondary N) is 3. The number of methoxy groups -OCH3 is 1. The molecule has 3 heterocycles. The molecule has 2 saturated heterocycles. The molecule has 2 aliphatic heterocycles. The highest BCUT2D eigenvalue weighted by Gasteiger charge is 2.34. The summed E-state index contributed by atoms with van der Waals surface area (Å²) >= 11 is 0. The molecule has 2 fully saturated rings. The Morgan fingerprint density at radius 2 is 1.91 bits per heavy atom. The number of benzene rings is 2. The fourth-order valence-electron chi connectivity index (χ4n) is 4.43. The zero-order valence-corrected chi connectivity index (χ0v) is 18.0. The highest BCUT2D eigenvalue weighted by molar-refractivity contribution is 5.82. The molecule has 8 nitrogen and oxygen atoms in total. The lowest BCUT2D eigenvalue weighted by Crippen LogP contribution is -2.53. The number of rotatable bonds is 5. The van der Waals surface area contributed by atoms with Crippen LogP contribution in [-0.4, -0.2) is 65.0 Å². The van der Waals surface area contributed by atoms with E-state index in [1.165, 1.54) is 12.1 Å². The molecule has 9 heteroatoms. The number of fused-ring (bicyclic) bond motifs is 1. The van der Waals surface area contributed by atoms with Gasteiger partial charge >= 0.3 is 0 Å². The second-order valence-corrected chi connectivity index (χ2v) is 8.35. The molecule has 2 aliphatic rings. The summed E-state index contributed by atoms with van der Waals surface area (Å²) in [5.41, 5.74) is 9.15. The van der Waals surface area contributed by atoms with Crippen LogP contribution in [0, 0.1) is 5.82 Å². The minimum Gasteiger partial charge on any atom is -0.497 e. The van der Waals surface area contributed by atoms with Crippen molar-refractivity contribution in [2.45, 2.75) is 25.0 Å². The lowest BCUT2D eigenvalue weighted by Gasteiger charge is -2.35. The van der Waals surface area contributed by atoms with Crippen LogP contribution < -0.4 is 15.6 Å². The second-order valence-electron chi connectivity index (χ2n) is 8.35. The lowest BCUT2D eigenvalue weighted by molar-refractivity contribution is -0.135. The van der Waals surface area contributed by atoms with Crippen LogP contribution in [0.25, 0.3) is 11.0 Å². The number of hydrogen-bond acceptors (Lipinski definition) is 6. The Bertz CT molecular complexity index is 1090. The molecule has 3 aromatic rings. The largest absolute Gasteiger partial charge is 0.497 e. The Hall–Kier alpha value is -3.01. The van der Waals surface area contributed by atoms with Gasteiger partial charge in [0.1, 0.15) is 23.4 Å². The van der Waals surface area contributed by atoms with Crippen LogP contribution in [0.2, 0.25) is 0 Å². The molecule has 2 atom stereocenters. The predicted molar refractivity (Wildman–Crippen MR) is 118 cm³/mol. The van der Waals surface area contributed by atoms with Crippen molar-refractivity contribution in [1.29, 1.82) is 0 Å². The van der Waals surface area contributed by atoms with Crippen LogP contribution in [-0.2, 0) is 11.3 Å². The molecule has 3 N–H and O–H groups in total. The number of nitrogens with zero attached hydrogens (tertiary/aromatic N) is 3. The average molecular weight is 439 g/mol. The first-order valence-corrected chi connectivity index (χ1v) is 10.9. The Balaban J connectivity index is 1.13. The summed E-state index contributed by atoms with van der Waals surface area (Å²) in [7, 11) is 1.65. The third-order valence-electron chi connectivity index (χ3n) is 6.27. The highest BCUT2D eigenvalue weighted by atomic mass is 19.1. The number of carbonyl (C=O) groups excluding carboxylic acids is 1. The zero-order valence-electron chi connectivity index (χ0n) is 18.0.